The minimum atomic E-state index is 0.950. The Balaban J connectivity index is 1.61. The molecule has 6 rings (SSSR count). The first-order valence-corrected chi connectivity index (χ1v) is 10.7. The topological polar surface area (TPSA) is 34.0 Å². The molecular formula is C25H24N4. The van der Waals surface area contributed by atoms with Crippen LogP contribution >= 0.6 is 0 Å². The third kappa shape index (κ3) is 2.78. The van der Waals surface area contributed by atoms with Crippen LogP contribution in [0.4, 0.5) is 0 Å². The van der Waals surface area contributed by atoms with Crippen molar-refractivity contribution in [2.75, 3.05) is 19.6 Å². The number of hydrogen-bond donors (Lipinski definition) is 0. The average molecular weight is 380 g/mol. The second-order valence-electron chi connectivity index (χ2n) is 8.12. The Morgan fingerprint density at radius 3 is 2.34 bits per heavy atom. The maximum absolute atomic E-state index is 5.07. The van der Waals surface area contributed by atoms with Gasteiger partial charge in [-0.15, -0.1) is 0 Å². The average Bonchev–Trinajstić information content (AvgIpc) is 3.09. The molecule has 0 unspecified atom stereocenters. The summed E-state index contributed by atoms with van der Waals surface area (Å²) in [5, 5.41) is 3.75. The summed E-state index contributed by atoms with van der Waals surface area (Å²) in [4.78, 5) is 12.7. The summed E-state index contributed by atoms with van der Waals surface area (Å²) in [6.07, 6.45) is 4.01. The first kappa shape index (κ1) is 16.9. The molecule has 29 heavy (non-hydrogen) atoms. The highest BCUT2D eigenvalue weighted by Gasteiger charge is 2.18. The minimum absolute atomic E-state index is 0.950. The van der Waals surface area contributed by atoms with Gasteiger partial charge in [-0.3, -0.25) is 0 Å². The Morgan fingerprint density at radius 2 is 1.48 bits per heavy atom. The third-order valence-corrected chi connectivity index (χ3v) is 6.33. The van der Waals surface area contributed by atoms with Gasteiger partial charge in [0, 0.05) is 18.5 Å². The number of fused-ring (bicyclic) bond motifs is 6. The molecule has 0 bridgehead atoms. The molecule has 2 aromatic heterocycles. The fourth-order valence-corrected chi connectivity index (χ4v) is 4.85. The maximum atomic E-state index is 5.07. The van der Waals surface area contributed by atoms with Gasteiger partial charge in [-0.25, -0.2) is 9.97 Å². The Bertz CT molecular complexity index is 1350. The van der Waals surface area contributed by atoms with E-state index in [4.69, 9.17) is 9.97 Å². The molecule has 1 aliphatic rings. The van der Waals surface area contributed by atoms with Crippen LogP contribution in [0.3, 0.4) is 0 Å². The van der Waals surface area contributed by atoms with Gasteiger partial charge < -0.3 is 9.47 Å². The zero-order valence-corrected chi connectivity index (χ0v) is 16.5. The molecule has 3 aromatic carbocycles. The molecule has 0 saturated carbocycles. The van der Waals surface area contributed by atoms with Gasteiger partial charge in [0.25, 0.3) is 0 Å². The number of benzene rings is 3. The number of likely N-dealkylation sites (tertiary alicyclic amines) is 1. The molecule has 0 amide bonds. The van der Waals surface area contributed by atoms with Gasteiger partial charge in [0.15, 0.2) is 5.65 Å². The minimum Gasteiger partial charge on any atom is -0.323 e. The van der Waals surface area contributed by atoms with Crippen molar-refractivity contribution in [3.05, 3.63) is 60.7 Å². The molecule has 0 radical (unpaired) electrons. The molecule has 1 fully saturated rings. The van der Waals surface area contributed by atoms with Crippen molar-refractivity contribution in [2.24, 2.45) is 0 Å². The van der Waals surface area contributed by atoms with Crippen LogP contribution in [-0.2, 0) is 6.54 Å². The molecule has 4 nitrogen and oxygen atoms in total. The van der Waals surface area contributed by atoms with E-state index in [2.05, 4.69) is 58.0 Å². The molecule has 0 N–H and O–H groups in total. The highest BCUT2D eigenvalue weighted by atomic mass is 15.2. The smallest absolute Gasteiger partial charge is 0.160 e. The maximum Gasteiger partial charge on any atom is 0.160 e. The van der Waals surface area contributed by atoms with Gasteiger partial charge in [-0.1, -0.05) is 48.9 Å². The van der Waals surface area contributed by atoms with Crippen LogP contribution in [0.5, 0.6) is 0 Å². The van der Waals surface area contributed by atoms with E-state index in [9.17, 15) is 0 Å². The highest BCUT2D eigenvalue weighted by molar-refractivity contribution is 6.19. The van der Waals surface area contributed by atoms with E-state index in [0.717, 1.165) is 35.3 Å². The predicted octanol–water partition coefficient (Wildman–Crippen LogP) is 5.38. The van der Waals surface area contributed by atoms with Crippen LogP contribution in [0, 0.1) is 0 Å². The second kappa shape index (κ2) is 6.82. The summed E-state index contributed by atoms with van der Waals surface area (Å²) < 4.78 is 2.39. The van der Waals surface area contributed by atoms with Crippen LogP contribution in [0.2, 0.25) is 0 Å². The molecule has 1 aliphatic heterocycles. The van der Waals surface area contributed by atoms with E-state index in [1.165, 1.54) is 54.0 Å². The fourth-order valence-electron chi connectivity index (χ4n) is 4.85. The van der Waals surface area contributed by atoms with Crippen LogP contribution in [0.15, 0.2) is 60.7 Å². The van der Waals surface area contributed by atoms with Crippen molar-refractivity contribution < 1.29 is 0 Å². The Morgan fingerprint density at radius 1 is 0.724 bits per heavy atom. The standard InChI is InChI=1S/C25H24N4/c1-6-14-28(15-7-1)16-17-29-22-13-12-18-8-2-3-9-19(18)23(22)24-25(29)27-21-11-5-4-10-20(21)26-24/h2-5,8-13H,1,6-7,14-17H2. The number of rotatable bonds is 3. The number of aromatic nitrogens is 3. The molecule has 5 aromatic rings. The Hall–Kier alpha value is -2.98. The number of piperidine rings is 1. The molecule has 3 heterocycles. The number of hydrogen-bond acceptors (Lipinski definition) is 3. The highest BCUT2D eigenvalue weighted by Crippen LogP contribution is 2.34. The van der Waals surface area contributed by atoms with Gasteiger partial charge in [-0.05, 0) is 54.9 Å². The van der Waals surface area contributed by atoms with E-state index in [1.807, 2.05) is 12.1 Å². The Labute approximate surface area is 169 Å². The van der Waals surface area contributed by atoms with Gasteiger partial charge in [-0.2, -0.15) is 0 Å². The van der Waals surface area contributed by atoms with Gasteiger partial charge in [0.05, 0.1) is 16.6 Å². The van der Waals surface area contributed by atoms with Crippen LogP contribution in [-0.4, -0.2) is 39.1 Å². The van der Waals surface area contributed by atoms with E-state index < -0.39 is 0 Å². The second-order valence-corrected chi connectivity index (χ2v) is 8.12. The predicted molar refractivity (Wildman–Crippen MR) is 120 cm³/mol. The summed E-state index contributed by atoms with van der Waals surface area (Å²) in [6.45, 7) is 4.45. The first-order valence-electron chi connectivity index (χ1n) is 10.7. The molecule has 4 heteroatoms. The van der Waals surface area contributed by atoms with Crippen molar-refractivity contribution in [1.82, 2.24) is 19.4 Å². The quantitative estimate of drug-likeness (QED) is 0.422. The summed E-state index contributed by atoms with van der Waals surface area (Å²) in [5.41, 5.74) is 5.20. The SMILES string of the molecule is c1ccc2c(c1)ccc1c2c2nc3ccccc3nc2n1CCN1CCCCC1. The zero-order valence-electron chi connectivity index (χ0n) is 16.5. The Kier molecular flexibility index (Phi) is 3.98. The molecule has 144 valence electrons. The van der Waals surface area contributed by atoms with Crippen LogP contribution < -0.4 is 0 Å². The van der Waals surface area contributed by atoms with Crippen molar-refractivity contribution in [3.63, 3.8) is 0 Å². The molecular weight excluding hydrogens is 356 g/mol. The molecule has 0 atom stereocenters. The largest absolute Gasteiger partial charge is 0.323 e. The van der Waals surface area contributed by atoms with Crippen molar-refractivity contribution >= 4 is 43.9 Å². The lowest BCUT2D eigenvalue weighted by atomic mass is 10.1. The van der Waals surface area contributed by atoms with Gasteiger partial charge >= 0.3 is 0 Å². The summed E-state index contributed by atoms with van der Waals surface area (Å²) in [6, 6.07) is 21.3. The lowest BCUT2D eigenvalue weighted by Crippen LogP contribution is -2.32. The summed E-state index contributed by atoms with van der Waals surface area (Å²) in [5.74, 6) is 0. The van der Waals surface area contributed by atoms with Crippen LogP contribution in [0.25, 0.3) is 43.9 Å². The zero-order chi connectivity index (χ0) is 19.2. The molecule has 0 spiro atoms. The van der Waals surface area contributed by atoms with Crippen molar-refractivity contribution in [3.8, 4) is 0 Å². The van der Waals surface area contributed by atoms with Crippen LogP contribution in [0.1, 0.15) is 19.3 Å². The normalized spacial score (nSPS) is 15.7. The van der Waals surface area contributed by atoms with E-state index in [-0.39, 0.29) is 0 Å². The van der Waals surface area contributed by atoms with Crippen molar-refractivity contribution in [1.29, 1.82) is 0 Å². The lowest BCUT2D eigenvalue weighted by Gasteiger charge is -2.26. The van der Waals surface area contributed by atoms with Gasteiger partial charge in [0.1, 0.15) is 5.52 Å². The first-order chi connectivity index (χ1) is 14.4. The van der Waals surface area contributed by atoms with E-state index in [1.54, 1.807) is 0 Å². The van der Waals surface area contributed by atoms with E-state index in [0.29, 0.717) is 0 Å². The molecule has 0 aliphatic carbocycles. The summed E-state index contributed by atoms with van der Waals surface area (Å²) >= 11 is 0. The monoisotopic (exact) mass is 380 g/mol. The summed E-state index contributed by atoms with van der Waals surface area (Å²) in [7, 11) is 0. The van der Waals surface area contributed by atoms with Crippen molar-refractivity contribution in [2.45, 2.75) is 25.8 Å². The lowest BCUT2D eigenvalue weighted by molar-refractivity contribution is 0.222. The third-order valence-electron chi connectivity index (χ3n) is 6.33. The number of nitrogens with zero attached hydrogens (tertiary/aromatic N) is 4. The number of para-hydroxylation sites is 2. The fraction of sp³-hybridized carbons (Fsp3) is 0.280. The van der Waals surface area contributed by atoms with Gasteiger partial charge in [0.2, 0.25) is 0 Å². The molecule has 1 saturated heterocycles. The van der Waals surface area contributed by atoms with E-state index >= 15 is 0 Å².